The number of hydrogen-bond acceptors (Lipinski definition) is 2. The third-order valence-electron chi connectivity index (χ3n) is 4.14. The van der Waals surface area contributed by atoms with Gasteiger partial charge in [0, 0.05) is 0 Å². The van der Waals surface area contributed by atoms with Crippen molar-refractivity contribution >= 4 is 17.6 Å². The van der Waals surface area contributed by atoms with Gasteiger partial charge in [-0.25, -0.2) is 4.79 Å². The number of ether oxygens (including phenoxy) is 1. The SMILES string of the molecule is CCC[N+](CCC)(CCC)CC(CCl)OC(=O)c1ccccc1.[Cl-]. The molecule has 24 heavy (non-hydrogen) atoms. The van der Waals surface area contributed by atoms with E-state index in [1.807, 2.05) is 18.2 Å². The van der Waals surface area contributed by atoms with Gasteiger partial charge in [-0.3, -0.25) is 0 Å². The lowest BCUT2D eigenvalue weighted by atomic mass is 10.2. The van der Waals surface area contributed by atoms with Gasteiger partial charge in [0.25, 0.3) is 0 Å². The van der Waals surface area contributed by atoms with Crippen molar-refractivity contribution in [1.82, 2.24) is 0 Å². The third-order valence-corrected chi connectivity index (χ3v) is 4.48. The number of esters is 1. The molecule has 1 unspecified atom stereocenters. The van der Waals surface area contributed by atoms with Crippen LogP contribution in [0.2, 0.25) is 0 Å². The van der Waals surface area contributed by atoms with Crippen molar-refractivity contribution in [2.24, 2.45) is 0 Å². The summed E-state index contributed by atoms with van der Waals surface area (Å²) in [6.07, 6.45) is 3.14. The van der Waals surface area contributed by atoms with Crippen LogP contribution in [0, 0.1) is 0 Å². The Morgan fingerprint density at radius 1 is 1.04 bits per heavy atom. The maximum absolute atomic E-state index is 12.3. The Kier molecular flexibility index (Phi) is 12.2. The normalized spacial score (nSPS) is 12.3. The average Bonchev–Trinajstić information content (AvgIpc) is 2.55. The summed E-state index contributed by atoms with van der Waals surface area (Å²) in [5.74, 6) is 0.0641. The first-order chi connectivity index (χ1) is 11.1. The highest BCUT2D eigenvalue weighted by Crippen LogP contribution is 2.16. The lowest BCUT2D eigenvalue weighted by molar-refractivity contribution is -0.930. The standard InChI is InChI=1S/C19H31ClNO2.ClH/c1-4-12-21(13-5-2,14-6-3)16-18(15-20)23-19(22)17-10-8-7-9-11-17;/h7-11,18H,4-6,12-16H2,1-3H3;1H/q+1;/p-1. The molecule has 0 aliphatic heterocycles. The predicted molar refractivity (Wildman–Crippen MR) is 97.0 cm³/mol. The summed E-state index contributed by atoms with van der Waals surface area (Å²) in [6.45, 7) is 10.8. The summed E-state index contributed by atoms with van der Waals surface area (Å²) < 4.78 is 6.68. The van der Waals surface area contributed by atoms with Crippen LogP contribution in [0.4, 0.5) is 0 Å². The third kappa shape index (κ3) is 7.42. The highest BCUT2D eigenvalue weighted by molar-refractivity contribution is 6.18. The Morgan fingerprint density at radius 2 is 1.54 bits per heavy atom. The minimum absolute atomic E-state index is 0. The molecule has 0 heterocycles. The van der Waals surface area contributed by atoms with Crippen LogP contribution in [0.25, 0.3) is 0 Å². The zero-order valence-electron chi connectivity index (χ0n) is 15.1. The summed E-state index contributed by atoms with van der Waals surface area (Å²) in [4.78, 5) is 12.3. The van der Waals surface area contributed by atoms with E-state index in [-0.39, 0.29) is 24.5 Å². The first-order valence-corrected chi connectivity index (χ1v) is 9.31. The van der Waals surface area contributed by atoms with E-state index in [1.54, 1.807) is 12.1 Å². The molecule has 0 aromatic heterocycles. The quantitative estimate of drug-likeness (QED) is 0.332. The minimum Gasteiger partial charge on any atom is -1.00 e. The lowest BCUT2D eigenvalue weighted by Crippen LogP contribution is -3.00. The van der Waals surface area contributed by atoms with Gasteiger partial charge in [-0.15, -0.1) is 11.6 Å². The molecule has 1 atom stereocenters. The van der Waals surface area contributed by atoms with Gasteiger partial charge in [0.05, 0.1) is 31.1 Å². The molecular weight excluding hydrogens is 345 g/mol. The van der Waals surface area contributed by atoms with Crippen LogP contribution in [0.3, 0.4) is 0 Å². The molecule has 0 radical (unpaired) electrons. The van der Waals surface area contributed by atoms with Gasteiger partial charge in [0.1, 0.15) is 6.54 Å². The molecule has 0 aliphatic rings. The molecule has 0 saturated carbocycles. The Morgan fingerprint density at radius 3 is 1.96 bits per heavy atom. The van der Waals surface area contributed by atoms with E-state index in [2.05, 4.69) is 20.8 Å². The van der Waals surface area contributed by atoms with Crippen molar-refractivity contribution in [2.45, 2.75) is 46.1 Å². The van der Waals surface area contributed by atoms with Gasteiger partial charge in [-0.1, -0.05) is 39.0 Å². The molecule has 3 nitrogen and oxygen atoms in total. The van der Waals surface area contributed by atoms with Crippen LogP contribution in [-0.4, -0.2) is 48.6 Å². The van der Waals surface area contributed by atoms with Gasteiger partial charge in [0.15, 0.2) is 6.10 Å². The molecule has 0 N–H and O–H groups in total. The number of carbonyl (C=O) groups excluding carboxylic acids is 1. The van der Waals surface area contributed by atoms with E-state index in [9.17, 15) is 4.79 Å². The van der Waals surface area contributed by atoms with Gasteiger partial charge in [-0.05, 0) is 31.4 Å². The van der Waals surface area contributed by atoms with Gasteiger partial charge in [0.2, 0.25) is 0 Å². The summed E-state index contributed by atoms with van der Waals surface area (Å²) >= 11 is 6.12. The summed E-state index contributed by atoms with van der Waals surface area (Å²) in [6, 6.07) is 9.14. The number of hydrogen-bond donors (Lipinski definition) is 0. The van der Waals surface area contributed by atoms with Gasteiger partial charge >= 0.3 is 5.97 Å². The van der Waals surface area contributed by atoms with Crippen molar-refractivity contribution in [2.75, 3.05) is 32.1 Å². The second-order valence-electron chi connectivity index (χ2n) is 6.24. The van der Waals surface area contributed by atoms with Crippen LogP contribution in [-0.2, 0) is 4.74 Å². The van der Waals surface area contributed by atoms with E-state index in [0.717, 1.165) is 49.9 Å². The smallest absolute Gasteiger partial charge is 0.338 e. The van der Waals surface area contributed by atoms with Crippen LogP contribution < -0.4 is 12.4 Å². The molecule has 1 rings (SSSR count). The van der Waals surface area contributed by atoms with Crippen molar-refractivity contribution in [1.29, 1.82) is 0 Å². The number of nitrogens with zero attached hydrogens (tertiary/aromatic N) is 1. The van der Waals surface area contributed by atoms with E-state index in [0.29, 0.717) is 11.4 Å². The van der Waals surface area contributed by atoms with E-state index in [1.165, 1.54) is 0 Å². The molecule has 0 spiro atoms. The first kappa shape index (κ1) is 23.2. The zero-order chi connectivity index (χ0) is 17.1. The Bertz CT molecular complexity index is 437. The van der Waals surface area contributed by atoms with Gasteiger partial charge in [-0.2, -0.15) is 0 Å². The Hall–Kier alpha value is -0.770. The largest absolute Gasteiger partial charge is 1.00 e. The fraction of sp³-hybridized carbons (Fsp3) is 0.632. The van der Waals surface area contributed by atoms with Crippen LogP contribution >= 0.6 is 11.6 Å². The summed E-state index contributed by atoms with van der Waals surface area (Å²) in [5.41, 5.74) is 0.585. The van der Waals surface area contributed by atoms with Crippen LogP contribution in [0.1, 0.15) is 50.4 Å². The molecule has 0 saturated heterocycles. The summed E-state index contributed by atoms with van der Waals surface area (Å²) in [7, 11) is 0. The maximum Gasteiger partial charge on any atom is 0.338 e. The number of rotatable bonds is 11. The zero-order valence-corrected chi connectivity index (χ0v) is 16.7. The average molecular weight is 376 g/mol. The minimum atomic E-state index is -0.279. The lowest BCUT2D eigenvalue weighted by Gasteiger charge is -2.40. The second-order valence-corrected chi connectivity index (χ2v) is 6.55. The van der Waals surface area contributed by atoms with E-state index < -0.39 is 0 Å². The molecule has 1 aromatic carbocycles. The van der Waals surface area contributed by atoms with E-state index in [4.69, 9.17) is 16.3 Å². The van der Waals surface area contributed by atoms with Crippen molar-refractivity contribution in [3.05, 3.63) is 35.9 Å². The number of quaternary nitrogens is 1. The number of carbonyl (C=O) groups is 1. The highest BCUT2D eigenvalue weighted by atomic mass is 35.5. The molecule has 0 fully saturated rings. The molecular formula is C19H31Cl2NO2. The number of alkyl halides is 1. The molecule has 0 amide bonds. The Labute approximate surface area is 158 Å². The molecule has 1 aromatic rings. The summed E-state index contributed by atoms with van der Waals surface area (Å²) in [5, 5.41) is 0. The number of halogens is 2. The fourth-order valence-corrected chi connectivity index (χ4v) is 3.54. The van der Waals surface area contributed by atoms with Crippen molar-refractivity contribution in [3.63, 3.8) is 0 Å². The molecule has 5 heteroatoms. The predicted octanol–water partition coefficient (Wildman–Crippen LogP) is 1.50. The molecule has 0 aliphatic carbocycles. The maximum atomic E-state index is 12.3. The van der Waals surface area contributed by atoms with E-state index >= 15 is 0 Å². The van der Waals surface area contributed by atoms with Crippen molar-refractivity contribution < 1.29 is 26.4 Å². The van der Waals surface area contributed by atoms with Gasteiger partial charge < -0.3 is 21.6 Å². The fourth-order valence-electron chi connectivity index (χ4n) is 3.38. The first-order valence-electron chi connectivity index (χ1n) is 8.77. The number of benzene rings is 1. The topological polar surface area (TPSA) is 26.3 Å². The molecule has 0 bridgehead atoms. The van der Waals surface area contributed by atoms with Crippen molar-refractivity contribution in [3.8, 4) is 0 Å². The Balaban J connectivity index is 0.00000529. The highest BCUT2D eigenvalue weighted by Gasteiger charge is 2.30. The molecule has 138 valence electrons. The van der Waals surface area contributed by atoms with Crippen LogP contribution in [0.15, 0.2) is 30.3 Å². The van der Waals surface area contributed by atoms with Crippen LogP contribution in [0.5, 0.6) is 0 Å². The monoisotopic (exact) mass is 375 g/mol. The second kappa shape index (κ2) is 12.6.